The number of nitrogens with zero attached hydrogens (tertiary/aromatic N) is 7. The summed E-state index contributed by atoms with van der Waals surface area (Å²) in [4.78, 5) is 27.9. The quantitative estimate of drug-likeness (QED) is 0.0630. The van der Waals surface area contributed by atoms with Crippen molar-refractivity contribution >= 4 is 39.0 Å². The second-order valence-electron chi connectivity index (χ2n) is 18.9. The molecule has 0 aromatic heterocycles. The molecular weight excluding hydrogens is 898 g/mol. The van der Waals surface area contributed by atoms with Crippen molar-refractivity contribution in [2.24, 2.45) is 4.99 Å². The van der Waals surface area contributed by atoms with E-state index < -0.39 is 12.2 Å². The number of piperazine rings is 1. The van der Waals surface area contributed by atoms with E-state index >= 15 is 4.39 Å². The number of aryl methyl sites for hydroxylation is 1. The number of likely N-dealkylation sites (tertiary alicyclic amines) is 1. The number of hydrazine groups is 2. The van der Waals surface area contributed by atoms with Gasteiger partial charge in [-0.3, -0.25) is 51.1 Å². The SMILES string of the molecule is C=C(CN1CCN(C2=C/C(=C/CCCC)C(NCC3Nc4ccc(C)cc4N3)N3NCC(Br)C3=N2)CC1)C(=O)N[C@@H]1CN(C2NC(NC3CN(C)NC3OC)C3NCN(C)C3N2)C[C@H]1F. The fraction of sp³-hybridized carbons (Fsp3) is 0.682. The first-order valence-corrected chi connectivity index (χ1v) is 24.5. The number of carbonyl (C=O) groups is 1. The molecule has 0 bridgehead atoms. The Labute approximate surface area is 391 Å². The van der Waals surface area contributed by atoms with Gasteiger partial charge in [0.05, 0.1) is 46.7 Å². The van der Waals surface area contributed by atoms with E-state index in [1.165, 1.54) is 11.1 Å². The summed E-state index contributed by atoms with van der Waals surface area (Å²) < 4.78 is 21.5. The van der Waals surface area contributed by atoms with Gasteiger partial charge in [-0.25, -0.2) is 25.2 Å². The molecular formula is C44H71BrFN17O2. The van der Waals surface area contributed by atoms with Crippen LogP contribution >= 0.6 is 15.9 Å². The highest BCUT2D eigenvalue weighted by Gasteiger charge is 2.48. The molecule has 1 amide bonds. The summed E-state index contributed by atoms with van der Waals surface area (Å²) in [5.74, 6) is 1.60. The Morgan fingerprint density at radius 1 is 1.09 bits per heavy atom. The maximum atomic E-state index is 15.8. The van der Waals surface area contributed by atoms with E-state index in [4.69, 9.17) is 9.73 Å². The third kappa shape index (κ3) is 10.4. The van der Waals surface area contributed by atoms with Crippen LogP contribution in [-0.4, -0.2) is 201 Å². The number of carbonyl (C=O) groups excluding carboxylic acids is 1. The lowest BCUT2D eigenvalue weighted by atomic mass is 10.1. The van der Waals surface area contributed by atoms with Gasteiger partial charge in [-0.05, 0) is 49.7 Å². The number of fused-ring (bicyclic) bond motifs is 3. The maximum Gasteiger partial charge on any atom is 0.248 e. The molecule has 0 radical (unpaired) electrons. The number of amidine groups is 1. The number of unbranched alkanes of at least 4 members (excludes halogenated alkanes) is 2. The highest BCUT2D eigenvalue weighted by molar-refractivity contribution is 9.10. The molecule has 0 spiro atoms. The van der Waals surface area contributed by atoms with Gasteiger partial charge in [-0.15, -0.1) is 0 Å². The first kappa shape index (κ1) is 46.8. The largest absolute Gasteiger partial charge is 0.364 e. The highest BCUT2D eigenvalue weighted by Crippen LogP contribution is 2.31. The zero-order chi connectivity index (χ0) is 45.4. The molecule has 0 aliphatic carbocycles. The van der Waals surface area contributed by atoms with Gasteiger partial charge in [0.1, 0.15) is 42.7 Å². The van der Waals surface area contributed by atoms with Gasteiger partial charge < -0.3 is 25.6 Å². The van der Waals surface area contributed by atoms with Crippen LogP contribution in [0.2, 0.25) is 0 Å². The molecule has 9 rings (SSSR count). The first-order valence-electron chi connectivity index (χ1n) is 23.5. The topological polar surface area (TPSA) is 178 Å². The molecule has 8 heterocycles. The molecule has 6 fully saturated rings. The standard InChI is InChI=1S/C44H71BrFN17O2/c1-7-8-9-10-28-18-36(54-40-29(45)19-49-63(40)39(28)47-20-35-50-31-12-11-26(2)17-32(31)51-35)61-15-13-60(14-16-61)21-27(3)42(64)53-33-24-62(22-30(33)46)44-55-38(37-41(56-44)58(4)25-48-37)52-34-23-59(5)57-43(34)65-6/h10-12,17-18,29-30,33-35,37-39,41,43-44,47-52,55-57H,3,7-9,13-16,19-25H2,1-2,4-6H3,(H,53,64)/b28-10-/t29?,30-,33-,34?,35?,37?,38?,39?,41?,43?,44?/m1/s1. The predicted molar refractivity (Wildman–Crippen MR) is 256 cm³/mol. The van der Waals surface area contributed by atoms with E-state index in [0.717, 1.165) is 88.2 Å². The number of alkyl halides is 2. The van der Waals surface area contributed by atoms with Crippen LogP contribution in [0.5, 0.6) is 0 Å². The van der Waals surface area contributed by atoms with E-state index in [1.807, 2.05) is 12.1 Å². The number of anilines is 2. The number of rotatable bonds is 15. The molecule has 1 aromatic carbocycles. The van der Waals surface area contributed by atoms with Crippen LogP contribution in [-0.2, 0) is 9.53 Å². The van der Waals surface area contributed by atoms with Crippen molar-refractivity contribution in [3.8, 4) is 0 Å². The molecule has 21 heteroatoms. The second kappa shape index (κ2) is 20.5. The number of nitrogens with one attached hydrogen (secondary N) is 10. The van der Waals surface area contributed by atoms with Crippen molar-refractivity contribution in [3.63, 3.8) is 0 Å². The summed E-state index contributed by atoms with van der Waals surface area (Å²) in [5.41, 5.74) is 12.1. The molecule has 19 nitrogen and oxygen atoms in total. The van der Waals surface area contributed by atoms with Gasteiger partial charge in [0.15, 0.2) is 0 Å². The van der Waals surface area contributed by atoms with Crippen molar-refractivity contribution in [2.75, 3.05) is 104 Å². The minimum atomic E-state index is -1.22. The van der Waals surface area contributed by atoms with Crippen molar-refractivity contribution in [1.29, 1.82) is 0 Å². The fourth-order valence-electron chi connectivity index (χ4n) is 10.4. The molecule has 1 aromatic rings. The summed E-state index contributed by atoms with van der Waals surface area (Å²) in [5, 5.41) is 33.1. The predicted octanol–water partition coefficient (Wildman–Crippen LogP) is -0.289. The van der Waals surface area contributed by atoms with Gasteiger partial charge in [-0.1, -0.05) is 54.4 Å². The third-order valence-electron chi connectivity index (χ3n) is 14.0. The Bertz CT molecular complexity index is 1970. The minimum Gasteiger partial charge on any atom is -0.364 e. The van der Waals surface area contributed by atoms with Crippen LogP contribution in [0.1, 0.15) is 31.7 Å². The average Bonchev–Trinajstić information content (AvgIpc) is 4.11. The van der Waals surface area contributed by atoms with E-state index in [-0.39, 0.29) is 66.5 Å². The van der Waals surface area contributed by atoms with Gasteiger partial charge in [0, 0.05) is 91.8 Å². The number of aliphatic imine (C=N–C) groups is 1. The lowest BCUT2D eigenvalue weighted by Crippen LogP contribution is -2.76. The van der Waals surface area contributed by atoms with Gasteiger partial charge >= 0.3 is 0 Å². The van der Waals surface area contributed by atoms with E-state index in [9.17, 15) is 4.79 Å². The lowest BCUT2D eigenvalue weighted by molar-refractivity contribution is -0.118. The van der Waals surface area contributed by atoms with Gasteiger partial charge in [0.25, 0.3) is 0 Å². The normalized spacial score (nSPS) is 35.1. The monoisotopic (exact) mass is 968 g/mol. The number of allylic oxidation sites excluding steroid dienone is 1. The van der Waals surface area contributed by atoms with Crippen molar-refractivity contribution in [2.45, 2.75) is 99.4 Å². The van der Waals surface area contributed by atoms with E-state index in [1.54, 1.807) is 7.11 Å². The first-order chi connectivity index (χ1) is 31.4. The average molecular weight is 969 g/mol. The highest BCUT2D eigenvalue weighted by atomic mass is 79.9. The van der Waals surface area contributed by atoms with Gasteiger partial charge in [-0.2, -0.15) is 0 Å². The minimum absolute atomic E-state index is 0.0323. The summed E-state index contributed by atoms with van der Waals surface area (Å²) in [6.45, 7) is 15.4. The number of amides is 1. The van der Waals surface area contributed by atoms with Crippen LogP contribution in [0.15, 0.2) is 58.9 Å². The van der Waals surface area contributed by atoms with E-state index in [0.29, 0.717) is 25.2 Å². The lowest BCUT2D eigenvalue weighted by Gasteiger charge is -2.46. The van der Waals surface area contributed by atoms with Crippen LogP contribution < -0.4 is 53.4 Å². The maximum absolute atomic E-state index is 15.8. The Hall–Kier alpha value is -3.29. The van der Waals surface area contributed by atoms with Gasteiger partial charge in [0.2, 0.25) is 5.91 Å². The fourth-order valence-corrected chi connectivity index (χ4v) is 10.8. The van der Waals surface area contributed by atoms with E-state index in [2.05, 4.69) is 152 Å². The Morgan fingerprint density at radius 2 is 1.91 bits per heavy atom. The van der Waals surface area contributed by atoms with Crippen molar-refractivity contribution < 1.29 is 13.9 Å². The van der Waals surface area contributed by atoms with Crippen molar-refractivity contribution in [3.05, 3.63) is 59.5 Å². The molecule has 0 saturated carbocycles. The number of likely N-dealkylation sites (N-methyl/N-ethyl adjacent to an activating group) is 2. The number of hydrogen-bond acceptors (Lipinski definition) is 18. The smallest absolute Gasteiger partial charge is 0.248 e. The second-order valence-corrected chi connectivity index (χ2v) is 20.0. The molecule has 8 aliphatic rings. The molecule has 9 unspecified atom stereocenters. The summed E-state index contributed by atoms with van der Waals surface area (Å²) in [6, 6.07) is 5.94. The molecule has 11 atom stereocenters. The zero-order valence-electron chi connectivity index (χ0n) is 38.5. The number of ether oxygens (including phenoxy) is 1. The summed E-state index contributed by atoms with van der Waals surface area (Å²) in [7, 11) is 5.79. The van der Waals surface area contributed by atoms with Crippen molar-refractivity contribution in [1.82, 2.24) is 72.4 Å². The molecule has 358 valence electrons. The molecule has 65 heavy (non-hydrogen) atoms. The van der Waals surface area contributed by atoms with Crippen LogP contribution in [0, 0.1) is 6.92 Å². The number of methoxy groups -OCH3 is 1. The zero-order valence-corrected chi connectivity index (χ0v) is 40.1. The van der Waals surface area contributed by atoms with Crippen LogP contribution in [0.25, 0.3) is 0 Å². The number of halogens is 2. The molecule has 6 saturated heterocycles. The number of hydrogen-bond donors (Lipinski definition) is 10. The Kier molecular flexibility index (Phi) is 14.8. The summed E-state index contributed by atoms with van der Waals surface area (Å²) in [6.07, 6.45) is 6.01. The summed E-state index contributed by atoms with van der Waals surface area (Å²) >= 11 is 3.91. The third-order valence-corrected chi connectivity index (χ3v) is 14.7. The number of benzene rings is 1. The van der Waals surface area contributed by atoms with Crippen LogP contribution in [0.3, 0.4) is 0 Å². The van der Waals surface area contributed by atoms with Crippen LogP contribution in [0.4, 0.5) is 15.8 Å². The molecule has 8 aliphatic heterocycles. The Balaban J connectivity index is 0.788. The molecule has 10 N–H and O–H groups in total. The Morgan fingerprint density at radius 3 is 2.71 bits per heavy atom.